The van der Waals surface area contributed by atoms with Crippen molar-refractivity contribution in [1.82, 2.24) is 0 Å². The van der Waals surface area contributed by atoms with Crippen molar-refractivity contribution in [1.29, 1.82) is 0 Å². The van der Waals surface area contributed by atoms with Gasteiger partial charge in [-0.15, -0.1) is 5.98 Å². The first-order chi connectivity index (χ1) is 6.38. The van der Waals surface area contributed by atoms with Gasteiger partial charge in [-0.1, -0.05) is 12.1 Å². The summed E-state index contributed by atoms with van der Waals surface area (Å²) in [6.45, 7) is -4.97. The summed E-state index contributed by atoms with van der Waals surface area (Å²) >= 11 is 0. The van der Waals surface area contributed by atoms with Crippen LogP contribution in [0.25, 0.3) is 6.08 Å². The van der Waals surface area contributed by atoms with Crippen LogP contribution in [0.4, 0.5) is 12.9 Å². The monoisotopic (exact) mass is 203 g/mol. The van der Waals surface area contributed by atoms with Gasteiger partial charge in [0.1, 0.15) is 0 Å². The second kappa shape index (κ2) is 3.65. The first-order valence-corrected chi connectivity index (χ1v) is 3.80. The zero-order valence-electron chi connectivity index (χ0n) is 6.99. The van der Waals surface area contributed by atoms with E-state index >= 15 is 0 Å². The molecule has 6 heteroatoms. The van der Waals surface area contributed by atoms with Crippen LogP contribution in [0, 0.1) is 0 Å². The zero-order valence-corrected chi connectivity index (χ0v) is 6.99. The van der Waals surface area contributed by atoms with Gasteiger partial charge < -0.3 is 23.2 Å². The second-order valence-corrected chi connectivity index (χ2v) is 2.73. The van der Waals surface area contributed by atoms with Crippen LogP contribution in [0.5, 0.6) is 11.5 Å². The third-order valence-electron chi connectivity index (χ3n) is 1.51. The molecule has 1 rings (SSSR count). The molecular weight excluding hydrogens is 196 g/mol. The number of halogens is 3. The molecule has 0 aliphatic rings. The maximum atomic E-state index is 11.8. The summed E-state index contributed by atoms with van der Waals surface area (Å²) in [4.78, 5) is 0. The molecule has 0 spiro atoms. The lowest BCUT2D eigenvalue weighted by Gasteiger charge is -2.06. The highest BCUT2D eigenvalue weighted by Gasteiger charge is 2.16. The maximum Gasteiger partial charge on any atom is 0.502 e. The van der Waals surface area contributed by atoms with Crippen molar-refractivity contribution in [3.63, 3.8) is 0 Å². The fourth-order valence-electron chi connectivity index (χ4n) is 0.864. The van der Waals surface area contributed by atoms with Gasteiger partial charge in [-0.2, -0.15) is 0 Å². The van der Waals surface area contributed by atoms with Crippen molar-refractivity contribution in [3.8, 4) is 11.5 Å². The minimum Gasteiger partial charge on any atom is -0.504 e. The van der Waals surface area contributed by atoms with Crippen LogP contribution in [0.1, 0.15) is 5.56 Å². The third kappa shape index (κ3) is 3.04. The smallest absolute Gasteiger partial charge is 0.502 e. The Balaban J connectivity index is 2.89. The molecule has 1 aromatic carbocycles. The fraction of sp³-hybridized carbons (Fsp3) is 0. The van der Waals surface area contributed by atoms with Gasteiger partial charge in [0.2, 0.25) is 0 Å². The molecule has 14 heavy (non-hydrogen) atoms. The van der Waals surface area contributed by atoms with Gasteiger partial charge >= 0.3 is 6.98 Å². The Labute approximate surface area is 78.4 Å². The molecule has 0 heterocycles. The Kier molecular flexibility index (Phi) is 2.74. The molecule has 0 aromatic heterocycles. The largest absolute Gasteiger partial charge is 0.504 e. The van der Waals surface area contributed by atoms with Gasteiger partial charge in [-0.05, 0) is 17.7 Å². The van der Waals surface area contributed by atoms with E-state index in [1.54, 1.807) is 0 Å². The highest BCUT2D eigenvalue weighted by atomic mass is 19.4. The standard InChI is InChI=1S/C8H7BF3O2/c10-9(11,12)4-3-6-1-2-7(13)8(14)5-6/h1-5,13-14H/q-1/b4-3+. The molecule has 0 saturated heterocycles. The quantitative estimate of drug-likeness (QED) is 0.572. The van der Waals surface area contributed by atoms with Gasteiger partial charge in [0.05, 0.1) is 0 Å². The van der Waals surface area contributed by atoms with Crippen molar-refractivity contribution < 1.29 is 23.2 Å². The Morgan fingerprint density at radius 3 is 2.21 bits per heavy atom. The molecule has 0 aliphatic heterocycles. The van der Waals surface area contributed by atoms with E-state index in [1.165, 1.54) is 6.07 Å². The average Bonchev–Trinajstić information content (AvgIpc) is 2.06. The molecule has 76 valence electrons. The SMILES string of the molecule is Oc1ccc(/C=C/[B-](F)(F)F)cc1O. The molecule has 0 radical (unpaired) electrons. The Hall–Kier alpha value is -1.59. The molecule has 0 amide bonds. The number of aromatic hydroxyl groups is 2. The van der Waals surface area contributed by atoms with Crippen LogP contribution < -0.4 is 0 Å². The van der Waals surface area contributed by atoms with E-state index in [0.717, 1.165) is 18.2 Å². The average molecular weight is 203 g/mol. The summed E-state index contributed by atoms with van der Waals surface area (Å²) in [6.07, 6.45) is 0.832. The van der Waals surface area contributed by atoms with Crippen molar-refractivity contribution in [2.75, 3.05) is 0 Å². The Morgan fingerprint density at radius 2 is 1.71 bits per heavy atom. The summed E-state index contributed by atoms with van der Waals surface area (Å²) in [7, 11) is 0. The topological polar surface area (TPSA) is 40.5 Å². The molecule has 0 unspecified atom stereocenters. The van der Waals surface area contributed by atoms with E-state index in [4.69, 9.17) is 10.2 Å². The molecule has 0 bridgehead atoms. The highest BCUT2D eigenvalue weighted by Crippen LogP contribution is 2.25. The molecule has 2 nitrogen and oxygen atoms in total. The zero-order chi connectivity index (χ0) is 10.8. The molecular formula is C8H7BF3O2-. The molecule has 0 atom stereocenters. The van der Waals surface area contributed by atoms with Crippen molar-refractivity contribution in [2.24, 2.45) is 0 Å². The first kappa shape index (κ1) is 10.5. The number of phenolic OH excluding ortho intramolecular Hbond substituents is 2. The molecule has 0 saturated carbocycles. The Morgan fingerprint density at radius 1 is 1.07 bits per heavy atom. The van der Waals surface area contributed by atoms with E-state index in [2.05, 4.69) is 0 Å². The van der Waals surface area contributed by atoms with Gasteiger partial charge in [0.25, 0.3) is 0 Å². The lowest BCUT2D eigenvalue weighted by molar-refractivity contribution is 0.403. The summed E-state index contributed by atoms with van der Waals surface area (Å²) in [5.41, 5.74) is 0.180. The normalized spacial score (nSPS) is 12.2. The van der Waals surface area contributed by atoms with Crippen molar-refractivity contribution >= 4 is 13.1 Å². The minimum absolute atomic E-state index is 0.117. The summed E-state index contributed by atoms with van der Waals surface area (Å²) in [6, 6.07) is 3.44. The molecule has 2 N–H and O–H groups in total. The van der Waals surface area contributed by atoms with E-state index in [1.807, 2.05) is 0 Å². The number of benzene rings is 1. The van der Waals surface area contributed by atoms with E-state index in [-0.39, 0.29) is 17.3 Å². The predicted octanol–water partition coefficient (Wildman–Crippen LogP) is 2.50. The number of rotatable bonds is 2. The Bertz CT molecular complexity index is 360. The lowest BCUT2D eigenvalue weighted by Crippen LogP contribution is -2.09. The van der Waals surface area contributed by atoms with Gasteiger partial charge in [0, 0.05) is 0 Å². The van der Waals surface area contributed by atoms with Crippen LogP contribution in [-0.2, 0) is 0 Å². The van der Waals surface area contributed by atoms with Gasteiger partial charge in [0.15, 0.2) is 11.5 Å². The fourth-order valence-corrected chi connectivity index (χ4v) is 0.864. The summed E-state index contributed by atoms with van der Waals surface area (Å²) < 4.78 is 35.4. The number of phenols is 2. The third-order valence-corrected chi connectivity index (χ3v) is 1.51. The lowest BCUT2D eigenvalue weighted by atomic mass is 9.90. The number of hydrogen-bond donors (Lipinski definition) is 2. The first-order valence-electron chi connectivity index (χ1n) is 3.80. The second-order valence-electron chi connectivity index (χ2n) is 2.73. The van der Waals surface area contributed by atoms with Crippen molar-refractivity contribution in [2.45, 2.75) is 0 Å². The van der Waals surface area contributed by atoms with Crippen LogP contribution >= 0.6 is 0 Å². The summed E-state index contributed by atoms with van der Waals surface area (Å²) in [5.74, 6) is -0.687. The minimum atomic E-state index is -4.97. The molecule has 1 aromatic rings. The summed E-state index contributed by atoms with van der Waals surface area (Å²) in [5, 5.41) is 17.8. The highest BCUT2D eigenvalue weighted by molar-refractivity contribution is 6.64. The molecule has 0 fully saturated rings. The van der Waals surface area contributed by atoms with E-state index in [9.17, 15) is 12.9 Å². The van der Waals surface area contributed by atoms with Crippen LogP contribution in [0.3, 0.4) is 0 Å². The van der Waals surface area contributed by atoms with Crippen LogP contribution in [0.15, 0.2) is 24.2 Å². The van der Waals surface area contributed by atoms with Gasteiger partial charge in [-0.25, -0.2) is 0 Å². The van der Waals surface area contributed by atoms with Crippen LogP contribution in [-0.4, -0.2) is 17.2 Å². The van der Waals surface area contributed by atoms with E-state index < -0.39 is 12.7 Å². The molecule has 0 aliphatic carbocycles. The van der Waals surface area contributed by atoms with Gasteiger partial charge in [-0.3, -0.25) is 0 Å². The van der Waals surface area contributed by atoms with E-state index in [0.29, 0.717) is 0 Å². The van der Waals surface area contributed by atoms with Crippen molar-refractivity contribution in [3.05, 3.63) is 29.7 Å². The van der Waals surface area contributed by atoms with Crippen LogP contribution in [0.2, 0.25) is 0 Å². The predicted molar refractivity (Wildman–Crippen MR) is 47.9 cm³/mol. The maximum absolute atomic E-state index is 11.8. The number of hydrogen-bond acceptors (Lipinski definition) is 2.